The molecule has 176 valence electrons. The van der Waals surface area contributed by atoms with Crippen LogP contribution in [0.3, 0.4) is 0 Å². The number of fused-ring (bicyclic) bond motifs is 3. The fourth-order valence-corrected chi connectivity index (χ4v) is 3.99. The molecule has 0 atom stereocenters. The first kappa shape index (κ1) is 21.4. The van der Waals surface area contributed by atoms with Gasteiger partial charge in [-0.2, -0.15) is 14.6 Å². The molecule has 0 aliphatic carbocycles. The van der Waals surface area contributed by atoms with Gasteiger partial charge in [0.1, 0.15) is 5.52 Å². The summed E-state index contributed by atoms with van der Waals surface area (Å²) >= 11 is 0. The zero-order valence-corrected chi connectivity index (χ0v) is 19.0. The Bertz CT molecular complexity index is 1550. The monoisotopic (exact) mass is 464 g/mol. The van der Waals surface area contributed by atoms with Crippen LogP contribution >= 0.6 is 0 Å². The highest BCUT2D eigenvalue weighted by atomic mass is 16.3. The number of hydrogen-bond donors (Lipinski definition) is 1. The molecule has 13 nitrogen and oxygen atoms in total. The van der Waals surface area contributed by atoms with Crippen LogP contribution < -0.4 is 11.4 Å². The van der Waals surface area contributed by atoms with E-state index in [0.29, 0.717) is 53.6 Å². The minimum Gasteiger partial charge on any atom is -0.461 e. The number of anilines is 1. The van der Waals surface area contributed by atoms with Gasteiger partial charge in [0.05, 0.1) is 24.6 Å². The van der Waals surface area contributed by atoms with E-state index in [1.165, 1.54) is 19.9 Å². The SMILES string of the molecule is CCN(CC)C(=O)c1cnn(CCn2c(=O)n(C)c3c2nc(N)n2nc(-c4ccco4)nc32)c1. The van der Waals surface area contributed by atoms with Crippen molar-refractivity contribution >= 4 is 28.7 Å². The van der Waals surface area contributed by atoms with Crippen molar-refractivity contribution in [3.63, 3.8) is 0 Å². The summed E-state index contributed by atoms with van der Waals surface area (Å²) in [7, 11) is 1.65. The van der Waals surface area contributed by atoms with Gasteiger partial charge in [-0.1, -0.05) is 0 Å². The molecule has 0 aliphatic heterocycles. The van der Waals surface area contributed by atoms with Gasteiger partial charge in [-0.05, 0) is 26.0 Å². The number of nitrogen functional groups attached to an aromatic ring is 1. The summed E-state index contributed by atoms with van der Waals surface area (Å²) in [4.78, 5) is 36.3. The fraction of sp³-hybridized carbons (Fsp3) is 0.333. The van der Waals surface area contributed by atoms with E-state index in [9.17, 15) is 9.59 Å². The van der Waals surface area contributed by atoms with Gasteiger partial charge in [-0.25, -0.2) is 9.78 Å². The summed E-state index contributed by atoms with van der Waals surface area (Å²) in [6.45, 7) is 5.75. The number of carbonyl (C=O) groups excluding carboxylic acids is 1. The normalized spacial score (nSPS) is 11.6. The minimum absolute atomic E-state index is 0.0745. The molecule has 0 aliphatic rings. The number of aromatic nitrogens is 8. The minimum atomic E-state index is -0.274. The van der Waals surface area contributed by atoms with Gasteiger partial charge in [0.25, 0.3) is 5.91 Å². The Kier molecular flexibility index (Phi) is 5.15. The van der Waals surface area contributed by atoms with Gasteiger partial charge < -0.3 is 15.1 Å². The van der Waals surface area contributed by atoms with Gasteiger partial charge >= 0.3 is 5.69 Å². The Hall–Kier alpha value is -4.42. The lowest BCUT2D eigenvalue weighted by Gasteiger charge is -2.17. The second kappa shape index (κ2) is 8.17. The topological polar surface area (TPSA) is 147 Å². The smallest absolute Gasteiger partial charge is 0.330 e. The molecule has 0 aromatic carbocycles. The maximum Gasteiger partial charge on any atom is 0.330 e. The predicted octanol–water partition coefficient (Wildman–Crippen LogP) is 0.999. The molecule has 13 heteroatoms. The lowest BCUT2D eigenvalue weighted by Crippen LogP contribution is -2.30. The Morgan fingerprint density at radius 1 is 1.18 bits per heavy atom. The van der Waals surface area contributed by atoms with Gasteiger partial charge in [0, 0.05) is 32.9 Å². The van der Waals surface area contributed by atoms with E-state index in [1.54, 1.807) is 41.2 Å². The maximum absolute atomic E-state index is 13.1. The Balaban J connectivity index is 1.50. The van der Waals surface area contributed by atoms with E-state index in [1.807, 2.05) is 13.8 Å². The summed E-state index contributed by atoms with van der Waals surface area (Å²) in [5, 5.41) is 8.66. The second-order valence-electron chi connectivity index (χ2n) is 7.75. The van der Waals surface area contributed by atoms with Crippen LogP contribution in [0, 0.1) is 0 Å². The third-order valence-electron chi connectivity index (χ3n) is 5.80. The maximum atomic E-state index is 13.1. The molecule has 0 saturated heterocycles. The van der Waals surface area contributed by atoms with Gasteiger partial charge in [0.2, 0.25) is 11.8 Å². The zero-order chi connectivity index (χ0) is 24.0. The van der Waals surface area contributed by atoms with Crippen LogP contribution in [0.1, 0.15) is 24.2 Å². The van der Waals surface area contributed by atoms with E-state index in [-0.39, 0.29) is 24.1 Å². The Morgan fingerprint density at radius 2 is 1.97 bits per heavy atom. The number of aryl methyl sites for hydroxylation is 3. The molecule has 0 bridgehead atoms. The number of imidazole rings is 1. The van der Waals surface area contributed by atoms with Crippen LogP contribution in [0.5, 0.6) is 0 Å². The summed E-state index contributed by atoms with van der Waals surface area (Å²) < 4.78 is 11.4. The summed E-state index contributed by atoms with van der Waals surface area (Å²) in [5.41, 5.74) is 7.68. The molecule has 5 aromatic heterocycles. The molecule has 0 spiro atoms. The van der Waals surface area contributed by atoms with E-state index in [0.717, 1.165) is 0 Å². The van der Waals surface area contributed by atoms with Gasteiger partial charge in [0.15, 0.2) is 17.1 Å². The molecule has 0 radical (unpaired) electrons. The lowest BCUT2D eigenvalue weighted by molar-refractivity contribution is 0.0773. The van der Waals surface area contributed by atoms with Crippen LogP contribution in [0.2, 0.25) is 0 Å². The second-order valence-corrected chi connectivity index (χ2v) is 7.75. The van der Waals surface area contributed by atoms with E-state index >= 15 is 0 Å². The van der Waals surface area contributed by atoms with E-state index < -0.39 is 0 Å². The first-order valence-electron chi connectivity index (χ1n) is 10.9. The first-order chi connectivity index (χ1) is 16.4. The van der Waals surface area contributed by atoms with Gasteiger partial charge in [-0.15, -0.1) is 5.10 Å². The van der Waals surface area contributed by atoms with Crippen LogP contribution in [-0.4, -0.2) is 62.4 Å². The molecule has 1 amide bonds. The molecular weight excluding hydrogens is 440 g/mol. The largest absolute Gasteiger partial charge is 0.461 e. The highest BCUT2D eigenvalue weighted by Gasteiger charge is 2.21. The number of nitrogens with two attached hydrogens (primary N) is 1. The van der Waals surface area contributed by atoms with Crippen LogP contribution in [0.15, 0.2) is 40.0 Å². The van der Waals surface area contributed by atoms with Crippen molar-refractivity contribution < 1.29 is 9.21 Å². The van der Waals surface area contributed by atoms with Crippen molar-refractivity contribution in [2.24, 2.45) is 7.05 Å². The van der Waals surface area contributed by atoms with Crippen molar-refractivity contribution in [1.82, 2.24) is 43.4 Å². The average molecular weight is 464 g/mol. The van der Waals surface area contributed by atoms with Crippen molar-refractivity contribution in [3.05, 3.63) is 46.8 Å². The molecular formula is C21H24N10O3. The van der Waals surface area contributed by atoms with Crippen molar-refractivity contribution in [2.75, 3.05) is 18.8 Å². The number of amides is 1. The molecule has 2 N–H and O–H groups in total. The van der Waals surface area contributed by atoms with Crippen LogP contribution in [0.25, 0.3) is 28.4 Å². The lowest BCUT2D eigenvalue weighted by atomic mass is 10.3. The van der Waals surface area contributed by atoms with Crippen molar-refractivity contribution in [1.29, 1.82) is 0 Å². The predicted molar refractivity (Wildman–Crippen MR) is 123 cm³/mol. The summed E-state index contributed by atoms with van der Waals surface area (Å²) in [5.74, 6) is 0.843. The molecule has 0 saturated carbocycles. The fourth-order valence-electron chi connectivity index (χ4n) is 3.99. The number of hydrogen-bond acceptors (Lipinski definition) is 8. The molecule has 34 heavy (non-hydrogen) atoms. The third kappa shape index (κ3) is 3.32. The van der Waals surface area contributed by atoms with Crippen LogP contribution in [-0.2, 0) is 20.1 Å². The Morgan fingerprint density at radius 3 is 2.68 bits per heavy atom. The number of furan rings is 1. The molecule has 5 aromatic rings. The first-order valence-corrected chi connectivity index (χ1v) is 10.9. The number of rotatable bonds is 7. The third-order valence-corrected chi connectivity index (χ3v) is 5.80. The Labute approximate surface area is 193 Å². The van der Waals surface area contributed by atoms with Crippen molar-refractivity contribution in [2.45, 2.75) is 26.9 Å². The summed E-state index contributed by atoms with van der Waals surface area (Å²) in [6.07, 6.45) is 4.75. The average Bonchev–Trinajstić information content (AvgIpc) is 3.61. The zero-order valence-electron chi connectivity index (χ0n) is 19.0. The summed E-state index contributed by atoms with van der Waals surface area (Å²) in [6, 6.07) is 3.48. The highest BCUT2D eigenvalue weighted by Crippen LogP contribution is 2.23. The molecule has 0 unspecified atom stereocenters. The highest BCUT2D eigenvalue weighted by molar-refractivity contribution is 5.93. The quantitative estimate of drug-likeness (QED) is 0.375. The van der Waals surface area contributed by atoms with Crippen molar-refractivity contribution in [3.8, 4) is 11.6 Å². The van der Waals surface area contributed by atoms with Gasteiger partial charge in [-0.3, -0.25) is 18.6 Å². The standard InChI is InChI=1S/C21H24N10O3/c1-4-28(5-2)19(32)13-11-23-29(12-13)8-9-30-17-15(27(3)21(30)33)18-24-16(14-7-6-10-34-14)26-31(18)20(22)25-17/h6-7,10-12H,4-5,8-9H2,1-3H3,(H2,22,25). The molecule has 0 fully saturated rings. The van der Waals surface area contributed by atoms with Crippen LogP contribution in [0.4, 0.5) is 5.95 Å². The number of nitrogens with zero attached hydrogens (tertiary/aromatic N) is 9. The van der Waals surface area contributed by atoms with E-state index in [4.69, 9.17) is 10.2 Å². The van der Waals surface area contributed by atoms with E-state index in [2.05, 4.69) is 20.2 Å². The molecule has 5 heterocycles. The molecule has 5 rings (SSSR count). The number of carbonyl (C=O) groups is 1.